The van der Waals surface area contributed by atoms with Gasteiger partial charge < -0.3 is 14.7 Å². The summed E-state index contributed by atoms with van der Waals surface area (Å²) in [5.41, 5.74) is 2.88. The average Bonchev–Trinajstić information content (AvgIpc) is 2.77. The molecule has 0 aliphatic rings. The lowest BCUT2D eigenvalue weighted by atomic mass is 9.98. The topological polar surface area (TPSA) is 60.7 Å². The molecular formula is C24H18F3NO4. The van der Waals surface area contributed by atoms with Crippen molar-refractivity contribution in [2.75, 3.05) is 7.11 Å². The molecule has 0 fully saturated rings. The van der Waals surface area contributed by atoms with E-state index in [0.29, 0.717) is 39.0 Å². The molecule has 0 aliphatic heterocycles. The Morgan fingerprint density at radius 2 is 1.38 bits per heavy atom. The van der Waals surface area contributed by atoms with E-state index in [2.05, 4.69) is 4.74 Å². The lowest BCUT2D eigenvalue weighted by Crippen LogP contribution is -2.16. The molecule has 1 heterocycles. The number of pyridine rings is 1. The van der Waals surface area contributed by atoms with Crippen LogP contribution in [0.15, 0.2) is 71.5 Å². The summed E-state index contributed by atoms with van der Waals surface area (Å²) in [5.74, 6) is 0.215. The van der Waals surface area contributed by atoms with Crippen LogP contribution in [0.2, 0.25) is 0 Å². The van der Waals surface area contributed by atoms with Crippen molar-refractivity contribution in [2.45, 2.75) is 13.3 Å². The molecule has 0 unspecified atom stereocenters. The van der Waals surface area contributed by atoms with Gasteiger partial charge in [-0.1, -0.05) is 36.4 Å². The molecule has 0 saturated heterocycles. The first-order valence-electron chi connectivity index (χ1n) is 9.57. The summed E-state index contributed by atoms with van der Waals surface area (Å²) in [6, 6.07) is 17.3. The third kappa shape index (κ3) is 3.99. The largest absolute Gasteiger partial charge is 0.573 e. The molecule has 0 saturated carbocycles. The van der Waals surface area contributed by atoms with E-state index < -0.39 is 6.36 Å². The van der Waals surface area contributed by atoms with Crippen LogP contribution < -0.4 is 14.9 Å². The van der Waals surface area contributed by atoms with Gasteiger partial charge in [0.25, 0.3) is 0 Å². The highest BCUT2D eigenvalue weighted by molar-refractivity contribution is 5.86. The molecule has 0 aliphatic carbocycles. The Kier molecular flexibility index (Phi) is 5.30. The van der Waals surface area contributed by atoms with Crippen LogP contribution in [0, 0.1) is 6.92 Å². The number of alkyl halides is 3. The Hall–Kier alpha value is -3.94. The molecule has 1 aromatic heterocycles. The number of ether oxygens (including phenoxy) is 2. The van der Waals surface area contributed by atoms with Gasteiger partial charge in [0.1, 0.15) is 11.5 Å². The Morgan fingerprint density at radius 1 is 0.844 bits per heavy atom. The number of fused-ring (bicyclic) bond motifs is 1. The van der Waals surface area contributed by atoms with E-state index in [4.69, 9.17) is 4.74 Å². The third-order valence-corrected chi connectivity index (χ3v) is 5.18. The molecule has 8 heteroatoms. The molecule has 4 aromatic rings. The van der Waals surface area contributed by atoms with Gasteiger partial charge in [0.05, 0.1) is 29.3 Å². The second-order valence-electron chi connectivity index (χ2n) is 7.13. The summed E-state index contributed by atoms with van der Waals surface area (Å²) in [5, 5.41) is 11.0. The summed E-state index contributed by atoms with van der Waals surface area (Å²) in [4.78, 5) is 13.1. The number of nitrogens with zero attached hydrogens (tertiary/aromatic N) is 1. The van der Waals surface area contributed by atoms with E-state index in [9.17, 15) is 23.2 Å². The van der Waals surface area contributed by atoms with E-state index in [1.165, 1.54) is 31.4 Å². The van der Waals surface area contributed by atoms with Crippen LogP contribution in [0.1, 0.15) is 5.69 Å². The van der Waals surface area contributed by atoms with Gasteiger partial charge in [-0.3, -0.25) is 4.79 Å². The average molecular weight is 441 g/mol. The zero-order valence-electron chi connectivity index (χ0n) is 17.1. The second kappa shape index (κ2) is 7.96. The fourth-order valence-electron chi connectivity index (χ4n) is 3.61. The van der Waals surface area contributed by atoms with Gasteiger partial charge in [-0.05, 0) is 47.9 Å². The van der Waals surface area contributed by atoms with Crippen LogP contribution in [0.3, 0.4) is 0 Å². The predicted molar refractivity (Wildman–Crippen MR) is 114 cm³/mol. The maximum atomic E-state index is 13.1. The van der Waals surface area contributed by atoms with Gasteiger partial charge in [0.15, 0.2) is 5.43 Å². The molecule has 4 rings (SSSR count). The fourth-order valence-corrected chi connectivity index (χ4v) is 3.61. The monoisotopic (exact) mass is 441 g/mol. The maximum Gasteiger partial charge on any atom is 0.573 e. The number of aromatic nitrogens is 1. The highest BCUT2D eigenvalue weighted by Gasteiger charge is 2.31. The van der Waals surface area contributed by atoms with Gasteiger partial charge in [-0.25, -0.2) is 0 Å². The number of hydrogen-bond donors (Lipinski definition) is 1. The second-order valence-corrected chi connectivity index (χ2v) is 7.13. The minimum absolute atomic E-state index is 0.230. The molecule has 5 nitrogen and oxygen atoms in total. The Morgan fingerprint density at radius 3 is 1.94 bits per heavy atom. The van der Waals surface area contributed by atoms with Crippen molar-refractivity contribution in [3.05, 3.63) is 82.6 Å². The molecular weight excluding hydrogens is 423 g/mol. The SMILES string of the molecule is COc1ccc2c(=O)c(-c3ccc(-c4ccc(OC(F)(F)F)cc4)cc3)c(C)n(O)c2c1. The van der Waals surface area contributed by atoms with Crippen molar-refractivity contribution < 1.29 is 27.9 Å². The highest BCUT2D eigenvalue weighted by Crippen LogP contribution is 2.30. The van der Waals surface area contributed by atoms with Crippen molar-refractivity contribution in [2.24, 2.45) is 0 Å². The normalized spacial score (nSPS) is 11.5. The van der Waals surface area contributed by atoms with Crippen molar-refractivity contribution in [1.82, 2.24) is 4.73 Å². The van der Waals surface area contributed by atoms with Gasteiger partial charge in [-0.15, -0.1) is 13.2 Å². The molecule has 1 N–H and O–H groups in total. The minimum Gasteiger partial charge on any atom is -0.497 e. The summed E-state index contributed by atoms with van der Waals surface area (Å²) >= 11 is 0. The number of benzene rings is 3. The van der Waals surface area contributed by atoms with E-state index in [0.717, 1.165) is 10.3 Å². The van der Waals surface area contributed by atoms with E-state index in [-0.39, 0.29) is 11.2 Å². The van der Waals surface area contributed by atoms with Crippen molar-refractivity contribution in [3.63, 3.8) is 0 Å². The molecule has 0 atom stereocenters. The first-order valence-corrected chi connectivity index (χ1v) is 9.57. The van der Waals surface area contributed by atoms with E-state index >= 15 is 0 Å². The predicted octanol–water partition coefficient (Wildman–Crippen LogP) is 5.79. The number of hydrogen-bond acceptors (Lipinski definition) is 4. The van der Waals surface area contributed by atoms with Crippen molar-refractivity contribution in [3.8, 4) is 33.8 Å². The molecule has 0 amide bonds. The fraction of sp³-hybridized carbons (Fsp3) is 0.125. The van der Waals surface area contributed by atoms with Crippen LogP contribution in [0.4, 0.5) is 13.2 Å². The van der Waals surface area contributed by atoms with Gasteiger partial charge in [-0.2, -0.15) is 4.73 Å². The molecule has 32 heavy (non-hydrogen) atoms. The molecule has 0 radical (unpaired) electrons. The van der Waals surface area contributed by atoms with Crippen LogP contribution in [0.25, 0.3) is 33.2 Å². The van der Waals surface area contributed by atoms with Crippen molar-refractivity contribution in [1.29, 1.82) is 0 Å². The summed E-state index contributed by atoms with van der Waals surface area (Å²) in [6.07, 6.45) is -4.74. The standard InChI is InChI=1S/C24H18F3NO4/c1-14-22(23(29)20-12-11-19(31-2)13-21(20)28(14)30)17-5-3-15(4-6-17)16-7-9-18(10-8-16)32-24(25,26)27/h3-13,30H,1-2H3. The Bertz CT molecular complexity index is 1340. The molecule has 0 spiro atoms. The van der Waals surface area contributed by atoms with E-state index in [1.807, 2.05) is 0 Å². The Balaban J connectivity index is 1.71. The van der Waals surface area contributed by atoms with Crippen LogP contribution in [-0.4, -0.2) is 23.4 Å². The molecule has 3 aromatic carbocycles. The van der Waals surface area contributed by atoms with Crippen LogP contribution in [0.5, 0.6) is 11.5 Å². The smallest absolute Gasteiger partial charge is 0.497 e. The molecule has 0 bridgehead atoms. The molecule has 164 valence electrons. The number of halogens is 3. The van der Waals surface area contributed by atoms with Crippen molar-refractivity contribution >= 4 is 10.9 Å². The quantitative estimate of drug-likeness (QED) is 0.408. The van der Waals surface area contributed by atoms with Gasteiger partial charge >= 0.3 is 6.36 Å². The van der Waals surface area contributed by atoms with Gasteiger partial charge in [0, 0.05) is 6.07 Å². The van der Waals surface area contributed by atoms with Crippen LogP contribution in [-0.2, 0) is 0 Å². The lowest BCUT2D eigenvalue weighted by molar-refractivity contribution is -0.274. The zero-order chi connectivity index (χ0) is 23.0. The van der Waals surface area contributed by atoms with E-state index in [1.54, 1.807) is 49.4 Å². The summed E-state index contributed by atoms with van der Waals surface area (Å²) < 4.78 is 47.0. The highest BCUT2D eigenvalue weighted by atomic mass is 19.4. The summed E-state index contributed by atoms with van der Waals surface area (Å²) in [7, 11) is 1.50. The van der Waals surface area contributed by atoms with Crippen LogP contribution >= 0.6 is 0 Å². The Labute approximate surface area is 180 Å². The first-order chi connectivity index (χ1) is 15.2. The maximum absolute atomic E-state index is 13.1. The zero-order valence-corrected chi connectivity index (χ0v) is 17.1. The first kappa shape index (κ1) is 21.3. The minimum atomic E-state index is -4.74. The summed E-state index contributed by atoms with van der Waals surface area (Å²) in [6.45, 7) is 1.64. The number of methoxy groups -OCH3 is 1. The van der Waals surface area contributed by atoms with Gasteiger partial charge in [0.2, 0.25) is 0 Å². The lowest BCUT2D eigenvalue weighted by Gasteiger charge is -2.14. The number of rotatable bonds is 4. The third-order valence-electron chi connectivity index (χ3n) is 5.18.